The molecule has 0 aliphatic heterocycles. The molecule has 0 saturated heterocycles. The van der Waals surface area contributed by atoms with Crippen LogP contribution in [0.15, 0.2) is 30.5 Å². The van der Waals surface area contributed by atoms with E-state index in [0.717, 1.165) is 16.8 Å². The molecule has 1 aromatic heterocycles. The van der Waals surface area contributed by atoms with E-state index in [4.69, 9.17) is 16.7 Å². The number of aromatic nitrogens is 1. The Morgan fingerprint density at radius 3 is 2.80 bits per heavy atom. The van der Waals surface area contributed by atoms with Crippen molar-refractivity contribution in [2.45, 2.75) is 6.54 Å². The lowest BCUT2D eigenvalue weighted by molar-refractivity contribution is -0.384. The van der Waals surface area contributed by atoms with Crippen LogP contribution in [0.25, 0.3) is 0 Å². The number of halogens is 2. The van der Waals surface area contributed by atoms with Crippen molar-refractivity contribution in [1.82, 2.24) is 4.57 Å². The number of rotatable bonds is 4. The number of nitro groups is 1. The lowest BCUT2D eigenvalue weighted by Gasteiger charge is -2.08. The summed E-state index contributed by atoms with van der Waals surface area (Å²) in [6.45, 7) is -0.0773. The molecule has 0 atom stereocenters. The van der Waals surface area contributed by atoms with Crippen molar-refractivity contribution >= 4 is 23.3 Å². The Hall–Kier alpha value is -2.41. The quantitative estimate of drug-likeness (QED) is 0.694. The number of carbonyl (C=O) groups is 1. The highest BCUT2D eigenvalue weighted by molar-refractivity contribution is 6.31. The van der Waals surface area contributed by atoms with E-state index in [1.165, 1.54) is 18.2 Å². The molecule has 8 heteroatoms. The van der Waals surface area contributed by atoms with E-state index in [1.54, 1.807) is 0 Å². The van der Waals surface area contributed by atoms with Gasteiger partial charge in [-0.25, -0.2) is 9.18 Å². The standard InChI is InChI=1S/C12H8ClFN2O4/c13-11-7(2-1-3-9(11)14)5-15-6-8(16(19)20)4-10(15)12(17)18/h1-4,6H,5H2,(H,17,18). The molecule has 0 aliphatic rings. The molecule has 2 aromatic rings. The Morgan fingerprint density at radius 2 is 2.20 bits per heavy atom. The molecule has 0 fully saturated rings. The predicted molar refractivity (Wildman–Crippen MR) is 68.6 cm³/mol. The maximum atomic E-state index is 13.3. The van der Waals surface area contributed by atoms with Crippen molar-refractivity contribution in [2.75, 3.05) is 0 Å². The second-order valence-electron chi connectivity index (χ2n) is 3.99. The topological polar surface area (TPSA) is 85.4 Å². The summed E-state index contributed by atoms with van der Waals surface area (Å²) in [5.74, 6) is -1.95. The van der Waals surface area contributed by atoms with Gasteiger partial charge in [0.2, 0.25) is 0 Å². The lowest BCUT2D eigenvalue weighted by atomic mass is 10.2. The van der Waals surface area contributed by atoms with Gasteiger partial charge in [-0.2, -0.15) is 0 Å². The minimum absolute atomic E-state index is 0.0773. The molecule has 0 saturated carbocycles. The van der Waals surface area contributed by atoms with Crippen LogP contribution < -0.4 is 0 Å². The fraction of sp³-hybridized carbons (Fsp3) is 0.0833. The number of hydrogen-bond acceptors (Lipinski definition) is 3. The Kier molecular flexibility index (Phi) is 3.71. The van der Waals surface area contributed by atoms with E-state index in [-0.39, 0.29) is 22.9 Å². The van der Waals surface area contributed by atoms with Crippen molar-refractivity contribution in [2.24, 2.45) is 0 Å². The first-order valence-corrected chi connectivity index (χ1v) is 5.78. The first kappa shape index (κ1) is 14.0. The van der Waals surface area contributed by atoms with E-state index < -0.39 is 16.7 Å². The molecular weight excluding hydrogens is 291 g/mol. The van der Waals surface area contributed by atoms with E-state index >= 15 is 0 Å². The van der Waals surface area contributed by atoms with Crippen LogP contribution in [-0.4, -0.2) is 20.6 Å². The molecule has 0 unspecified atom stereocenters. The van der Waals surface area contributed by atoms with E-state index in [0.29, 0.717) is 5.56 Å². The molecule has 1 heterocycles. The molecule has 0 radical (unpaired) electrons. The van der Waals surface area contributed by atoms with Gasteiger partial charge in [-0.05, 0) is 11.6 Å². The zero-order valence-corrected chi connectivity index (χ0v) is 10.7. The number of aromatic carboxylic acids is 1. The molecule has 0 aliphatic carbocycles. The third-order valence-corrected chi connectivity index (χ3v) is 3.11. The van der Waals surface area contributed by atoms with Gasteiger partial charge in [0, 0.05) is 12.6 Å². The maximum Gasteiger partial charge on any atom is 0.352 e. The number of hydrogen-bond donors (Lipinski definition) is 1. The van der Waals surface area contributed by atoms with Crippen LogP contribution in [0.4, 0.5) is 10.1 Å². The van der Waals surface area contributed by atoms with Crippen molar-refractivity contribution in [3.05, 3.63) is 62.7 Å². The monoisotopic (exact) mass is 298 g/mol. The summed E-state index contributed by atoms with van der Waals surface area (Å²) >= 11 is 5.77. The smallest absolute Gasteiger partial charge is 0.352 e. The summed E-state index contributed by atoms with van der Waals surface area (Å²) in [5, 5.41) is 19.5. The second-order valence-corrected chi connectivity index (χ2v) is 4.36. The van der Waals surface area contributed by atoms with E-state index in [2.05, 4.69) is 0 Å². The molecule has 1 aromatic carbocycles. The van der Waals surface area contributed by atoms with Crippen LogP contribution in [0.3, 0.4) is 0 Å². The van der Waals surface area contributed by atoms with Crippen LogP contribution in [0.1, 0.15) is 16.1 Å². The van der Waals surface area contributed by atoms with Gasteiger partial charge in [-0.1, -0.05) is 23.7 Å². The molecule has 0 spiro atoms. The fourth-order valence-corrected chi connectivity index (χ4v) is 1.94. The Bertz CT molecular complexity index is 699. The van der Waals surface area contributed by atoms with Gasteiger partial charge < -0.3 is 9.67 Å². The van der Waals surface area contributed by atoms with Gasteiger partial charge in [0.05, 0.1) is 16.1 Å². The molecule has 6 nitrogen and oxygen atoms in total. The second kappa shape index (κ2) is 5.30. The van der Waals surface area contributed by atoms with Gasteiger partial charge in [0.1, 0.15) is 11.5 Å². The molecule has 2 rings (SSSR count). The first-order valence-electron chi connectivity index (χ1n) is 5.41. The van der Waals surface area contributed by atoms with Gasteiger partial charge in [0.25, 0.3) is 5.69 Å². The third kappa shape index (κ3) is 2.62. The summed E-state index contributed by atoms with van der Waals surface area (Å²) in [7, 11) is 0. The van der Waals surface area contributed by atoms with Crippen molar-refractivity contribution in [3.8, 4) is 0 Å². The van der Waals surface area contributed by atoms with Crippen LogP contribution in [-0.2, 0) is 6.54 Å². The predicted octanol–water partition coefficient (Wildman–Crippen LogP) is 2.94. The number of benzene rings is 1. The average Bonchev–Trinajstić information content (AvgIpc) is 2.79. The molecular formula is C12H8ClFN2O4. The first-order chi connectivity index (χ1) is 9.40. The van der Waals surface area contributed by atoms with Crippen LogP contribution >= 0.6 is 11.6 Å². The van der Waals surface area contributed by atoms with Gasteiger partial charge in [-0.15, -0.1) is 0 Å². The largest absolute Gasteiger partial charge is 0.477 e. The average molecular weight is 299 g/mol. The SMILES string of the molecule is O=C(O)c1cc([N+](=O)[O-])cn1Cc1cccc(F)c1Cl. The summed E-state index contributed by atoms with van der Waals surface area (Å²) in [6.07, 6.45) is 1.07. The van der Waals surface area contributed by atoms with Crippen LogP contribution in [0.2, 0.25) is 5.02 Å². The summed E-state index contributed by atoms with van der Waals surface area (Å²) in [6, 6.07) is 5.05. The van der Waals surface area contributed by atoms with Crippen molar-refractivity contribution in [1.29, 1.82) is 0 Å². The lowest BCUT2D eigenvalue weighted by Crippen LogP contribution is -2.09. The van der Waals surface area contributed by atoms with Crippen LogP contribution in [0.5, 0.6) is 0 Å². The van der Waals surface area contributed by atoms with Crippen molar-refractivity contribution < 1.29 is 19.2 Å². The Labute approximate surface area is 117 Å². The fourth-order valence-electron chi connectivity index (χ4n) is 1.76. The van der Waals surface area contributed by atoms with E-state index in [1.807, 2.05) is 0 Å². The highest BCUT2D eigenvalue weighted by atomic mass is 35.5. The number of carboxylic acids is 1. The van der Waals surface area contributed by atoms with Crippen LogP contribution in [0, 0.1) is 15.9 Å². The summed E-state index contributed by atoms with van der Waals surface area (Å²) in [4.78, 5) is 21.0. The summed E-state index contributed by atoms with van der Waals surface area (Å²) in [5.41, 5.74) is -0.286. The zero-order chi connectivity index (χ0) is 14.9. The molecule has 104 valence electrons. The summed E-state index contributed by atoms with van der Waals surface area (Å²) < 4.78 is 14.4. The van der Waals surface area contributed by atoms with Gasteiger partial charge >= 0.3 is 5.97 Å². The minimum Gasteiger partial charge on any atom is -0.477 e. The Morgan fingerprint density at radius 1 is 1.50 bits per heavy atom. The molecule has 0 bridgehead atoms. The molecule has 1 N–H and O–H groups in total. The van der Waals surface area contributed by atoms with Gasteiger partial charge in [-0.3, -0.25) is 10.1 Å². The third-order valence-electron chi connectivity index (χ3n) is 2.68. The number of carboxylic acid groups (broad SMARTS) is 1. The van der Waals surface area contributed by atoms with Crippen molar-refractivity contribution in [3.63, 3.8) is 0 Å². The minimum atomic E-state index is -1.31. The van der Waals surface area contributed by atoms with Gasteiger partial charge in [0.15, 0.2) is 0 Å². The molecule has 0 amide bonds. The van der Waals surface area contributed by atoms with E-state index in [9.17, 15) is 19.3 Å². The normalized spacial score (nSPS) is 10.5. The highest BCUT2D eigenvalue weighted by Crippen LogP contribution is 2.23. The Balaban J connectivity index is 2.45. The number of nitrogens with zero attached hydrogens (tertiary/aromatic N) is 2. The molecule has 20 heavy (non-hydrogen) atoms. The highest BCUT2D eigenvalue weighted by Gasteiger charge is 2.19. The maximum absolute atomic E-state index is 13.3. The zero-order valence-electron chi connectivity index (χ0n) is 9.92.